The van der Waals surface area contributed by atoms with Crippen molar-refractivity contribution in [3.63, 3.8) is 0 Å². The van der Waals surface area contributed by atoms with Crippen LogP contribution in [-0.4, -0.2) is 34.9 Å². The minimum atomic E-state index is -0.195. The molecule has 8 heteroatoms. The topological polar surface area (TPSA) is 75.0 Å². The third-order valence-electron chi connectivity index (χ3n) is 5.01. The van der Waals surface area contributed by atoms with Crippen molar-refractivity contribution in [2.75, 3.05) is 20.3 Å². The van der Waals surface area contributed by atoms with Crippen LogP contribution in [0.15, 0.2) is 47.3 Å². The summed E-state index contributed by atoms with van der Waals surface area (Å²) in [6, 6.07) is 13.2. The van der Waals surface area contributed by atoms with E-state index in [9.17, 15) is 4.79 Å². The lowest BCUT2D eigenvalue weighted by molar-refractivity contribution is 0.288. The molecule has 4 aromatic rings. The maximum absolute atomic E-state index is 12.9. The zero-order valence-electron chi connectivity index (χ0n) is 19.0. The van der Waals surface area contributed by atoms with Gasteiger partial charge in [0.15, 0.2) is 17.3 Å². The van der Waals surface area contributed by atoms with E-state index in [0.717, 1.165) is 36.1 Å². The number of aromatic nitrogens is 3. The normalized spacial score (nSPS) is 11.8. The molecule has 0 amide bonds. The van der Waals surface area contributed by atoms with Gasteiger partial charge in [-0.15, -0.1) is 5.10 Å². The van der Waals surface area contributed by atoms with E-state index in [1.54, 1.807) is 7.11 Å². The molecule has 172 valence electrons. The third-order valence-corrected chi connectivity index (χ3v) is 5.97. The van der Waals surface area contributed by atoms with Crippen LogP contribution in [0, 0.1) is 0 Å². The lowest BCUT2D eigenvalue weighted by Crippen LogP contribution is -2.23. The molecule has 0 fully saturated rings. The molecule has 0 atom stereocenters. The molecular weight excluding hydrogens is 438 g/mol. The minimum absolute atomic E-state index is 0.195. The second-order valence-corrected chi connectivity index (χ2v) is 8.54. The number of benzene rings is 2. The number of hydrogen-bond acceptors (Lipinski definition) is 7. The van der Waals surface area contributed by atoms with Gasteiger partial charge in [0.1, 0.15) is 5.75 Å². The average molecular weight is 466 g/mol. The number of nitrogens with zero attached hydrogens (tertiary/aromatic N) is 3. The first-order chi connectivity index (χ1) is 16.1. The zero-order valence-corrected chi connectivity index (χ0v) is 19.9. The van der Waals surface area contributed by atoms with Crippen molar-refractivity contribution in [2.45, 2.75) is 33.1 Å². The van der Waals surface area contributed by atoms with E-state index in [-0.39, 0.29) is 5.56 Å². The summed E-state index contributed by atoms with van der Waals surface area (Å²) in [5, 5.41) is 4.42. The summed E-state index contributed by atoms with van der Waals surface area (Å²) < 4.78 is 18.8. The van der Waals surface area contributed by atoms with Crippen LogP contribution in [0.1, 0.15) is 38.7 Å². The molecule has 0 N–H and O–H groups in total. The number of unbranched alkanes of at least 4 members (excludes halogenated alkanes) is 1. The van der Waals surface area contributed by atoms with Gasteiger partial charge in [-0.1, -0.05) is 37.7 Å². The standard InChI is InChI=1S/C25H27N3O4S/c1-4-6-14-32-20-12-7-17(15-21(20)30-3)16-22-24(29)28-25(33-22)26-23(27-28)18-8-10-19(11-9-18)31-13-5-2/h7-12,15-16H,4-6,13-14H2,1-3H3/b22-16-. The molecule has 0 unspecified atom stereocenters. The lowest BCUT2D eigenvalue weighted by atomic mass is 10.2. The largest absolute Gasteiger partial charge is 0.494 e. The van der Waals surface area contributed by atoms with Gasteiger partial charge in [-0.2, -0.15) is 9.50 Å². The van der Waals surface area contributed by atoms with Crippen LogP contribution in [0.5, 0.6) is 17.2 Å². The van der Waals surface area contributed by atoms with E-state index in [1.807, 2.05) is 48.5 Å². The molecule has 0 aliphatic heterocycles. The Kier molecular flexibility index (Phi) is 7.24. The highest BCUT2D eigenvalue weighted by atomic mass is 32.1. The van der Waals surface area contributed by atoms with Gasteiger partial charge in [-0.3, -0.25) is 4.79 Å². The van der Waals surface area contributed by atoms with E-state index in [0.29, 0.717) is 40.0 Å². The molecular formula is C25H27N3O4S. The van der Waals surface area contributed by atoms with Crippen LogP contribution in [-0.2, 0) is 0 Å². The first-order valence-corrected chi connectivity index (χ1v) is 11.9. The molecule has 33 heavy (non-hydrogen) atoms. The van der Waals surface area contributed by atoms with Crippen LogP contribution in [0.3, 0.4) is 0 Å². The number of rotatable bonds is 10. The quantitative estimate of drug-likeness (QED) is 0.324. The molecule has 0 bridgehead atoms. The molecule has 0 saturated carbocycles. The van der Waals surface area contributed by atoms with Crippen molar-refractivity contribution in [1.82, 2.24) is 14.6 Å². The predicted molar refractivity (Wildman–Crippen MR) is 131 cm³/mol. The summed E-state index contributed by atoms with van der Waals surface area (Å²) in [4.78, 5) is 18.0. The maximum Gasteiger partial charge on any atom is 0.291 e. The van der Waals surface area contributed by atoms with E-state index in [4.69, 9.17) is 14.2 Å². The predicted octanol–water partition coefficient (Wildman–Crippen LogP) is 4.34. The summed E-state index contributed by atoms with van der Waals surface area (Å²) in [5.74, 6) is 2.66. The van der Waals surface area contributed by atoms with Gasteiger partial charge in [0.05, 0.1) is 24.9 Å². The lowest BCUT2D eigenvalue weighted by Gasteiger charge is -2.10. The summed E-state index contributed by atoms with van der Waals surface area (Å²) >= 11 is 1.31. The Balaban J connectivity index is 1.59. The fourth-order valence-corrected chi connectivity index (χ4v) is 4.15. The van der Waals surface area contributed by atoms with Gasteiger partial charge in [-0.05, 0) is 60.9 Å². The fraction of sp³-hybridized carbons (Fsp3) is 0.320. The van der Waals surface area contributed by atoms with Gasteiger partial charge in [0.25, 0.3) is 5.56 Å². The molecule has 0 aliphatic rings. The van der Waals surface area contributed by atoms with Gasteiger partial charge >= 0.3 is 0 Å². The van der Waals surface area contributed by atoms with Gasteiger partial charge < -0.3 is 14.2 Å². The van der Waals surface area contributed by atoms with Gasteiger partial charge in [0.2, 0.25) is 4.96 Å². The van der Waals surface area contributed by atoms with Gasteiger partial charge in [0, 0.05) is 5.56 Å². The highest BCUT2D eigenvalue weighted by molar-refractivity contribution is 7.15. The average Bonchev–Trinajstić information content (AvgIpc) is 3.38. The summed E-state index contributed by atoms with van der Waals surface area (Å²) in [5.41, 5.74) is 1.49. The minimum Gasteiger partial charge on any atom is -0.494 e. The molecule has 2 aromatic carbocycles. The molecule has 7 nitrogen and oxygen atoms in total. The zero-order chi connectivity index (χ0) is 23.2. The number of fused-ring (bicyclic) bond motifs is 1. The number of ether oxygens (including phenoxy) is 3. The third kappa shape index (κ3) is 5.17. The van der Waals surface area contributed by atoms with E-state index in [2.05, 4.69) is 23.9 Å². The first kappa shape index (κ1) is 22.8. The Hall–Kier alpha value is -3.39. The second-order valence-electron chi connectivity index (χ2n) is 7.53. The van der Waals surface area contributed by atoms with Gasteiger partial charge in [-0.25, -0.2) is 0 Å². The van der Waals surface area contributed by atoms with Crippen LogP contribution in [0.4, 0.5) is 0 Å². The van der Waals surface area contributed by atoms with Crippen molar-refractivity contribution in [1.29, 1.82) is 0 Å². The molecule has 2 aromatic heterocycles. The smallest absolute Gasteiger partial charge is 0.291 e. The summed E-state index contributed by atoms with van der Waals surface area (Å²) in [6.45, 7) is 5.51. The molecule has 0 radical (unpaired) electrons. The Morgan fingerprint density at radius 1 is 1.00 bits per heavy atom. The number of hydrogen-bond donors (Lipinski definition) is 0. The fourth-order valence-electron chi connectivity index (χ4n) is 3.25. The van der Waals surface area contributed by atoms with Crippen molar-refractivity contribution in [3.05, 3.63) is 62.9 Å². The monoisotopic (exact) mass is 465 g/mol. The van der Waals surface area contributed by atoms with Crippen LogP contribution < -0.4 is 24.3 Å². The first-order valence-electron chi connectivity index (χ1n) is 11.1. The Labute approximate surface area is 196 Å². The van der Waals surface area contributed by atoms with Crippen molar-refractivity contribution in [3.8, 4) is 28.6 Å². The van der Waals surface area contributed by atoms with Crippen LogP contribution in [0.25, 0.3) is 22.4 Å². The van der Waals surface area contributed by atoms with Crippen LogP contribution in [0.2, 0.25) is 0 Å². The molecule has 0 aliphatic carbocycles. The van der Waals surface area contributed by atoms with E-state index >= 15 is 0 Å². The highest BCUT2D eigenvalue weighted by Crippen LogP contribution is 2.28. The molecule has 0 saturated heterocycles. The molecule has 0 spiro atoms. The summed E-state index contributed by atoms with van der Waals surface area (Å²) in [6.07, 6.45) is 4.82. The van der Waals surface area contributed by atoms with Crippen LogP contribution >= 0.6 is 11.3 Å². The maximum atomic E-state index is 12.9. The second kappa shape index (κ2) is 10.5. The highest BCUT2D eigenvalue weighted by Gasteiger charge is 2.13. The Morgan fingerprint density at radius 3 is 2.52 bits per heavy atom. The molecule has 2 heterocycles. The van der Waals surface area contributed by atoms with E-state index in [1.165, 1.54) is 15.9 Å². The summed E-state index contributed by atoms with van der Waals surface area (Å²) in [7, 11) is 1.61. The SMILES string of the molecule is CCCCOc1ccc(/C=c2\sc3nc(-c4ccc(OCCC)cc4)nn3c2=O)cc1OC. The Bertz CT molecular complexity index is 1330. The van der Waals surface area contributed by atoms with Crippen molar-refractivity contribution >= 4 is 22.4 Å². The number of thiazole rings is 1. The van der Waals surface area contributed by atoms with Crippen molar-refractivity contribution < 1.29 is 14.2 Å². The molecule has 4 rings (SSSR count). The van der Waals surface area contributed by atoms with Crippen molar-refractivity contribution in [2.24, 2.45) is 0 Å². The van der Waals surface area contributed by atoms with E-state index < -0.39 is 0 Å². The Morgan fingerprint density at radius 2 is 1.82 bits per heavy atom. The number of methoxy groups -OCH3 is 1.